The van der Waals surface area contributed by atoms with Crippen molar-refractivity contribution in [2.24, 2.45) is 5.73 Å². The molecule has 1 aromatic heterocycles. The van der Waals surface area contributed by atoms with Gasteiger partial charge in [0.1, 0.15) is 6.26 Å². The van der Waals surface area contributed by atoms with Gasteiger partial charge in [0.05, 0.1) is 5.69 Å². The van der Waals surface area contributed by atoms with Crippen molar-refractivity contribution >= 4 is 0 Å². The maximum atomic E-state index is 5.65. The third kappa shape index (κ3) is 2.93. The Morgan fingerprint density at radius 2 is 2.28 bits per heavy atom. The van der Waals surface area contributed by atoms with Crippen molar-refractivity contribution in [1.29, 1.82) is 0 Å². The topological polar surface area (TPSA) is 55.3 Å². The van der Waals surface area contributed by atoms with Crippen LogP contribution in [-0.2, 0) is 6.42 Å². The highest BCUT2D eigenvalue weighted by molar-refractivity contribution is 5.04. The van der Waals surface area contributed by atoms with Gasteiger partial charge in [0.15, 0.2) is 5.89 Å². The van der Waals surface area contributed by atoms with Gasteiger partial charge in [-0.1, -0.05) is 6.92 Å². The molecular formula is C14H25N3O. The quantitative estimate of drug-likeness (QED) is 0.871. The summed E-state index contributed by atoms with van der Waals surface area (Å²) in [6.45, 7) is 8.42. The van der Waals surface area contributed by atoms with Crippen LogP contribution in [0.2, 0.25) is 0 Å². The van der Waals surface area contributed by atoms with E-state index in [4.69, 9.17) is 10.2 Å². The lowest BCUT2D eigenvalue weighted by molar-refractivity contribution is 0.195. The summed E-state index contributed by atoms with van der Waals surface area (Å²) in [6.07, 6.45) is 5.23. The van der Waals surface area contributed by atoms with E-state index in [1.165, 1.54) is 19.4 Å². The Balaban J connectivity index is 1.98. The molecule has 2 N–H and O–H groups in total. The molecule has 1 saturated heterocycles. The third-order valence-corrected chi connectivity index (χ3v) is 3.92. The van der Waals surface area contributed by atoms with Crippen LogP contribution in [-0.4, -0.2) is 35.1 Å². The summed E-state index contributed by atoms with van der Waals surface area (Å²) >= 11 is 0. The Hall–Kier alpha value is -0.870. The van der Waals surface area contributed by atoms with Crippen LogP contribution < -0.4 is 5.73 Å². The fourth-order valence-electron chi connectivity index (χ4n) is 2.72. The van der Waals surface area contributed by atoms with Gasteiger partial charge in [-0.25, -0.2) is 4.98 Å². The molecule has 2 heterocycles. The summed E-state index contributed by atoms with van der Waals surface area (Å²) in [5.74, 6) is 1.15. The Morgan fingerprint density at radius 1 is 1.50 bits per heavy atom. The molecule has 1 aliphatic rings. The van der Waals surface area contributed by atoms with E-state index < -0.39 is 0 Å². The van der Waals surface area contributed by atoms with Crippen LogP contribution in [0.3, 0.4) is 0 Å². The lowest BCUT2D eigenvalue weighted by atomic mass is 10.1. The highest BCUT2D eigenvalue weighted by Gasteiger charge is 2.28. The predicted molar refractivity (Wildman–Crippen MR) is 72.5 cm³/mol. The van der Waals surface area contributed by atoms with Crippen LogP contribution in [0.5, 0.6) is 0 Å². The summed E-state index contributed by atoms with van der Waals surface area (Å²) in [5, 5.41) is 0. The first-order chi connectivity index (χ1) is 8.61. The molecule has 2 unspecified atom stereocenters. The molecule has 0 spiro atoms. The van der Waals surface area contributed by atoms with Gasteiger partial charge in [-0.3, -0.25) is 4.90 Å². The summed E-state index contributed by atoms with van der Waals surface area (Å²) in [7, 11) is 0. The lowest BCUT2D eigenvalue weighted by Crippen LogP contribution is -2.36. The monoisotopic (exact) mass is 251 g/mol. The molecule has 2 rings (SSSR count). The molecule has 18 heavy (non-hydrogen) atoms. The highest BCUT2D eigenvalue weighted by atomic mass is 16.3. The van der Waals surface area contributed by atoms with Gasteiger partial charge in [-0.05, 0) is 33.2 Å². The van der Waals surface area contributed by atoms with E-state index in [-0.39, 0.29) is 5.92 Å². The van der Waals surface area contributed by atoms with Crippen molar-refractivity contribution in [3.05, 3.63) is 17.8 Å². The first-order valence-electron chi connectivity index (χ1n) is 7.02. The number of hydrogen-bond acceptors (Lipinski definition) is 4. The van der Waals surface area contributed by atoms with Crippen LogP contribution in [0.4, 0.5) is 0 Å². The molecule has 0 saturated carbocycles. The number of nitrogens with two attached hydrogens (primary N) is 1. The van der Waals surface area contributed by atoms with Crippen molar-refractivity contribution < 1.29 is 4.42 Å². The number of likely N-dealkylation sites (tertiary alicyclic amines) is 1. The minimum Gasteiger partial charge on any atom is -0.449 e. The molecule has 1 fully saturated rings. The Morgan fingerprint density at radius 3 is 2.94 bits per heavy atom. The smallest absolute Gasteiger partial charge is 0.195 e. The Bertz CT molecular complexity index is 375. The van der Waals surface area contributed by atoms with Gasteiger partial charge in [-0.15, -0.1) is 0 Å². The van der Waals surface area contributed by atoms with Crippen molar-refractivity contribution in [2.45, 2.75) is 58.0 Å². The number of rotatable bonds is 5. The number of hydrogen-bond donors (Lipinski definition) is 1. The Labute approximate surface area is 110 Å². The van der Waals surface area contributed by atoms with Crippen LogP contribution in [0.15, 0.2) is 10.7 Å². The predicted octanol–water partition coefficient (Wildman–Crippen LogP) is 2.15. The second-order valence-corrected chi connectivity index (χ2v) is 5.63. The number of nitrogens with zero attached hydrogens (tertiary/aromatic N) is 2. The first kappa shape index (κ1) is 13.6. The zero-order valence-electron chi connectivity index (χ0n) is 11.7. The molecule has 1 aliphatic heterocycles. The second kappa shape index (κ2) is 5.85. The zero-order valence-corrected chi connectivity index (χ0v) is 11.7. The molecule has 4 nitrogen and oxygen atoms in total. The number of oxazole rings is 1. The largest absolute Gasteiger partial charge is 0.449 e. The molecule has 2 atom stereocenters. The molecule has 4 heteroatoms. The molecule has 0 aliphatic carbocycles. The van der Waals surface area contributed by atoms with Gasteiger partial charge in [-0.2, -0.15) is 0 Å². The first-order valence-corrected chi connectivity index (χ1v) is 7.02. The van der Waals surface area contributed by atoms with E-state index in [0.717, 1.165) is 18.0 Å². The van der Waals surface area contributed by atoms with Crippen LogP contribution in [0.25, 0.3) is 0 Å². The summed E-state index contributed by atoms with van der Waals surface area (Å²) in [6, 6.07) is 1.19. The van der Waals surface area contributed by atoms with Crippen LogP contribution >= 0.6 is 0 Å². The maximum Gasteiger partial charge on any atom is 0.195 e. The van der Waals surface area contributed by atoms with Gasteiger partial charge in [0.25, 0.3) is 0 Å². The van der Waals surface area contributed by atoms with Gasteiger partial charge in [0.2, 0.25) is 0 Å². The van der Waals surface area contributed by atoms with Gasteiger partial charge in [0, 0.05) is 31.0 Å². The standard InChI is InChI=1S/C14H25N3O/c1-10(2)17-6-4-5-12(17)7-14-16-13(9-18-14)11(3)8-15/h9-12H,4-8,15H2,1-3H3. The highest BCUT2D eigenvalue weighted by Crippen LogP contribution is 2.23. The SMILES string of the molecule is CC(CN)c1coc(CC2CCCN2C(C)C)n1. The molecule has 0 bridgehead atoms. The van der Waals surface area contributed by atoms with Crippen molar-refractivity contribution in [3.63, 3.8) is 0 Å². The minimum atomic E-state index is 0.285. The van der Waals surface area contributed by atoms with Crippen LogP contribution in [0, 0.1) is 0 Å². The van der Waals surface area contributed by atoms with Crippen molar-refractivity contribution in [2.75, 3.05) is 13.1 Å². The molecule has 0 amide bonds. The maximum absolute atomic E-state index is 5.65. The van der Waals surface area contributed by atoms with E-state index >= 15 is 0 Å². The molecule has 0 radical (unpaired) electrons. The summed E-state index contributed by atoms with van der Waals surface area (Å²) < 4.78 is 5.58. The van der Waals surface area contributed by atoms with Crippen molar-refractivity contribution in [3.8, 4) is 0 Å². The van der Waals surface area contributed by atoms with E-state index in [0.29, 0.717) is 18.6 Å². The average Bonchev–Trinajstić information content (AvgIpc) is 2.97. The van der Waals surface area contributed by atoms with Gasteiger partial charge < -0.3 is 10.2 Å². The normalized spacial score (nSPS) is 22.8. The average molecular weight is 251 g/mol. The van der Waals surface area contributed by atoms with E-state index in [1.807, 2.05) is 0 Å². The summed E-state index contributed by atoms with van der Waals surface area (Å²) in [4.78, 5) is 7.12. The van der Waals surface area contributed by atoms with E-state index in [1.54, 1.807) is 6.26 Å². The fourth-order valence-corrected chi connectivity index (χ4v) is 2.72. The van der Waals surface area contributed by atoms with Gasteiger partial charge >= 0.3 is 0 Å². The molecule has 1 aromatic rings. The van der Waals surface area contributed by atoms with E-state index in [9.17, 15) is 0 Å². The Kier molecular flexibility index (Phi) is 4.40. The molecule has 102 valence electrons. The molecular weight excluding hydrogens is 226 g/mol. The summed E-state index contributed by atoms with van der Waals surface area (Å²) in [5.41, 5.74) is 6.64. The zero-order chi connectivity index (χ0) is 13.1. The van der Waals surface area contributed by atoms with Crippen LogP contribution in [0.1, 0.15) is 51.1 Å². The third-order valence-electron chi connectivity index (χ3n) is 3.92. The molecule has 0 aromatic carbocycles. The second-order valence-electron chi connectivity index (χ2n) is 5.63. The fraction of sp³-hybridized carbons (Fsp3) is 0.786. The van der Waals surface area contributed by atoms with E-state index in [2.05, 4.69) is 30.7 Å². The minimum absolute atomic E-state index is 0.285. The lowest BCUT2D eigenvalue weighted by Gasteiger charge is -2.27. The number of aromatic nitrogens is 1. The van der Waals surface area contributed by atoms with Crippen molar-refractivity contribution in [1.82, 2.24) is 9.88 Å².